The molecule has 0 bridgehead atoms. The number of H-pyrrole nitrogens is 1. The summed E-state index contributed by atoms with van der Waals surface area (Å²) in [6, 6.07) is 0. The second-order valence-corrected chi connectivity index (χ2v) is 3.16. The number of carbonyl (C=O) groups is 1. The van der Waals surface area contributed by atoms with Crippen LogP contribution in [0.5, 0.6) is 0 Å². The number of anilines is 1. The predicted molar refractivity (Wildman–Crippen MR) is 50.1 cm³/mol. The fraction of sp³-hybridized carbons (Fsp3) is 0.500. The Labute approximate surface area is 76.7 Å². The van der Waals surface area contributed by atoms with E-state index in [-0.39, 0.29) is 5.91 Å². The van der Waals surface area contributed by atoms with Gasteiger partial charge in [0.25, 0.3) is 0 Å². The van der Waals surface area contributed by atoms with Crippen molar-refractivity contribution in [3.8, 4) is 0 Å². The van der Waals surface area contributed by atoms with Crippen LogP contribution in [0.25, 0.3) is 0 Å². The third-order valence-electron chi connectivity index (χ3n) is 1.98. The van der Waals surface area contributed by atoms with Crippen LogP contribution in [-0.2, 0) is 4.79 Å². The number of nitrogens with zero attached hydrogens (tertiary/aromatic N) is 1. The quantitative estimate of drug-likeness (QED) is 0.635. The lowest BCUT2D eigenvalue weighted by molar-refractivity contribution is -0.120. The average molecular weight is 182 g/mol. The molecule has 5 nitrogen and oxygen atoms in total. The topological polar surface area (TPSA) is 83.8 Å². The molecule has 1 amide bonds. The molecule has 0 fully saturated rings. The standard InChI is InChI=1S/C8H14N4O/c1-3-8(2,9)6(13)12-7-10-4-5-11-7/h4-5H,3,9H2,1-2H3,(H2,10,11,12,13). The average Bonchev–Trinajstić information content (AvgIpc) is 2.57. The SMILES string of the molecule is CCC(C)(N)C(=O)Nc1ncc[nH]1. The van der Waals surface area contributed by atoms with E-state index in [4.69, 9.17) is 5.73 Å². The summed E-state index contributed by atoms with van der Waals surface area (Å²) in [6.07, 6.45) is 3.78. The zero-order valence-corrected chi connectivity index (χ0v) is 7.79. The Hall–Kier alpha value is -1.36. The molecule has 0 saturated carbocycles. The summed E-state index contributed by atoms with van der Waals surface area (Å²) in [4.78, 5) is 18.1. The van der Waals surface area contributed by atoms with Gasteiger partial charge >= 0.3 is 0 Å². The normalized spacial score (nSPS) is 15.0. The highest BCUT2D eigenvalue weighted by molar-refractivity contribution is 5.96. The van der Waals surface area contributed by atoms with Crippen molar-refractivity contribution in [2.45, 2.75) is 25.8 Å². The number of hydrogen-bond acceptors (Lipinski definition) is 3. The van der Waals surface area contributed by atoms with E-state index >= 15 is 0 Å². The molecule has 1 rings (SSSR count). The van der Waals surface area contributed by atoms with Gasteiger partial charge in [0.15, 0.2) is 0 Å². The highest BCUT2D eigenvalue weighted by atomic mass is 16.2. The maximum Gasteiger partial charge on any atom is 0.246 e. The minimum absolute atomic E-state index is 0.232. The van der Waals surface area contributed by atoms with E-state index in [1.54, 1.807) is 19.3 Å². The molecule has 72 valence electrons. The van der Waals surface area contributed by atoms with Crippen LogP contribution in [0.3, 0.4) is 0 Å². The number of carbonyl (C=O) groups excluding carboxylic acids is 1. The summed E-state index contributed by atoms with van der Waals surface area (Å²) in [5, 5.41) is 2.58. The van der Waals surface area contributed by atoms with Crippen molar-refractivity contribution in [2.24, 2.45) is 5.73 Å². The predicted octanol–water partition coefficient (Wildman–Crippen LogP) is 0.476. The Kier molecular flexibility index (Phi) is 2.67. The van der Waals surface area contributed by atoms with Crippen LogP contribution in [0.15, 0.2) is 12.4 Å². The molecule has 5 heteroatoms. The van der Waals surface area contributed by atoms with E-state index < -0.39 is 5.54 Å². The van der Waals surface area contributed by atoms with Crippen LogP contribution in [0.2, 0.25) is 0 Å². The molecule has 1 aromatic heterocycles. The van der Waals surface area contributed by atoms with Crippen molar-refractivity contribution in [3.05, 3.63) is 12.4 Å². The first-order valence-corrected chi connectivity index (χ1v) is 4.16. The molecular formula is C8H14N4O. The number of amides is 1. The molecule has 0 spiro atoms. The largest absolute Gasteiger partial charge is 0.331 e. The monoisotopic (exact) mass is 182 g/mol. The van der Waals surface area contributed by atoms with Crippen LogP contribution >= 0.6 is 0 Å². The smallest absolute Gasteiger partial charge is 0.246 e. The van der Waals surface area contributed by atoms with Gasteiger partial charge in [0.2, 0.25) is 11.9 Å². The van der Waals surface area contributed by atoms with Gasteiger partial charge in [-0.05, 0) is 13.3 Å². The van der Waals surface area contributed by atoms with Crippen molar-refractivity contribution in [1.29, 1.82) is 0 Å². The van der Waals surface area contributed by atoms with Crippen LogP contribution < -0.4 is 11.1 Å². The Bertz CT molecular complexity index is 278. The molecule has 1 unspecified atom stereocenters. The summed E-state index contributed by atoms with van der Waals surface area (Å²) in [6.45, 7) is 3.55. The van der Waals surface area contributed by atoms with Crippen LogP contribution in [-0.4, -0.2) is 21.4 Å². The van der Waals surface area contributed by atoms with Gasteiger partial charge in [-0.2, -0.15) is 0 Å². The van der Waals surface area contributed by atoms with Gasteiger partial charge in [-0.1, -0.05) is 6.92 Å². The molecule has 0 saturated heterocycles. The Morgan fingerprint density at radius 2 is 2.54 bits per heavy atom. The first-order valence-electron chi connectivity index (χ1n) is 4.16. The second kappa shape index (κ2) is 3.57. The van der Waals surface area contributed by atoms with Crippen molar-refractivity contribution in [3.63, 3.8) is 0 Å². The molecule has 0 aliphatic carbocycles. The molecule has 0 aliphatic rings. The molecule has 1 aromatic rings. The summed E-state index contributed by atoms with van der Waals surface area (Å²) >= 11 is 0. The summed E-state index contributed by atoms with van der Waals surface area (Å²) in [5.74, 6) is 0.195. The molecule has 0 aliphatic heterocycles. The minimum Gasteiger partial charge on any atom is -0.331 e. The Morgan fingerprint density at radius 1 is 1.85 bits per heavy atom. The van der Waals surface area contributed by atoms with E-state index in [1.165, 1.54) is 0 Å². The highest BCUT2D eigenvalue weighted by Gasteiger charge is 2.26. The van der Waals surface area contributed by atoms with Gasteiger partial charge in [0, 0.05) is 12.4 Å². The maximum atomic E-state index is 11.5. The molecular weight excluding hydrogens is 168 g/mol. The van der Waals surface area contributed by atoms with Gasteiger partial charge in [-0.25, -0.2) is 4.98 Å². The van der Waals surface area contributed by atoms with Gasteiger partial charge < -0.3 is 10.7 Å². The highest BCUT2D eigenvalue weighted by Crippen LogP contribution is 2.07. The number of nitrogens with two attached hydrogens (primary N) is 1. The fourth-order valence-corrected chi connectivity index (χ4v) is 0.745. The number of aromatic amines is 1. The molecule has 0 aromatic carbocycles. The molecule has 1 atom stereocenters. The number of imidazole rings is 1. The molecule has 1 heterocycles. The molecule has 0 radical (unpaired) electrons. The third kappa shape index (κ3) is 2.29. The number of hydrogen-bond donors (Lipinski definition) is 3. The van der Waals surface area contributed by atoms with E-state index in [0.29, 0.717) is 12.4 Å². The summed E-state index contributed by atoms with van der Waals surface area (Å²) in [7, 11) is 0. The number of aromatic nitrogens is 2. The van der Waals surface area contributed by atoms with Gasteiger partial charge in [-0.3, -0.25) is 10.1 Å². The van der Waals surface area contributed by atoms with Crippen molar-refractivity contribution < 1.29 is 4.79 Å². The van der Waals surface area contributed by atoms with E-state index in [0.717, 1.165) is 0 Å². The fourth-order valence-electron chi connectivity index (χ4n) is 0.745. The van der Waals surface area contributed by atoms with Gasteiger partial charge in [-0.15, -0.1) is 0 Å². The van der Waals surface area contributed by atoms with Gasteiger partial charge in [0.1, 0.15) is 0 Å². The Morgan fingerprint density at radius 3 is 3.00 bits per heavy atom. The summed E-state index contributed by atoms with van der Waals surface area (Å²) < 4.78 is 0. The van der Waals surface area contributed by atoms with E-state index in [1.807, 2.05) is 6.92 Å². The van der Waals surface area contributed by atoms with E-state index in [9.17, 15) is 4.79 Å². The first-order chi connectivity index (χ1) is 6.06. The third-order valence-corrected chi connectivity index (χ3v) is 1.98. The van der Waals surface area contributed by atoms with Crippen LogP contribution in [0.4, 0.5) is 5.95 Å². The lowest BCUT2D eigenvalue weighted by Crippen LogP contribution is -2.47. The van der Waals surface area contributed by atoms with Crippen LogP contribution in [0, 0.1) is 0 Å². The zero-order valence-electron chi connectivity index (χ0n) is 7.79. The van der Waals surface area contributed by atoms with Crippen LogP contribution in [0.1, 0.15) is 20.3 Å². The lowest BCUT2D eigenvalue weighted by Gasteiger charge is -2.20. The molecule has 4 N–H and O–H groups in total. The second-order valence-electron chi connectivity index (χ2n) is 3.16. The lowest BCUT2D eigenvalue weighted by atomic mass is 10.00. The van der Waals surface area contributed by atoms with Crippen molar-refractivity contribution >= 4 is 11.9 Å². The number of rotatable bonds is 3. The summed E-state index contributed by atoms with van der Waals surface area (Å²) in [5.41, 5.74) is 4.88. The molecule has 13 heavy (non-hydrogen) atoms. The van der Waals surface area contributed by atoms with Crippen molar-refractivity contribution in [1.82, 2.24) is 9.97 Å². The minimum atomic E-state index is -0.840. The van der Waals surface area contributed by atoms with Crippen molar-refractivity contribution in [2.75, 3.05) is 5.32 Å². The maximum absolute atomic E-state index is 11.5. The number of nitrogens with one attached hydrogen (secondary N) is 2. The first kappa shape index (κ1) is 9.73. The van der Waals surface area contributed by atoms with E-state index in [2.05, 4.69) is 15.3 Å². The Balaban J connectivity index is 2.61. The zero-order chi connectivity index (χ0) is 9.90. The van der Waals surface area contributed by atoms with Gasteiger partial charge in [0.05, 0.1) is 5.54 Å².